The van der Waals surface area contributed by atoms with Gasteiger partial charge in [-0.05, 0) is 19.1 Å². The van der Waals surface area contributed by atoms with Gasteiger partial charge in [-0.1, -0.05) is 5.92 Å². The predicted octanol–water partition coefficient (Wildman–Crippen LogP) is 1.54. The van der Waals surface area contributed by atoms with Gasteiger partial charge in [0.25, 0.3) is 0 Å². The lowest BCUT2D eigenvalue weighted by Gasteiger charge is -1.96. The van der Waals surface area contributed by atoms with Gasteiger partial charge in [0.2, 0.25) is 0 Å². The molecule has 0 aromatic carbocycles. The lowest BCUT2D eigenvalue weighted by atomic mass is 10.4. The Bertz CT molecular complexity index is 320. The largest absolute Gasteiger partial charge is 0.462 e. The van der Waals surface area contributed by atoms with Crippen molar-refractivity contribution in [3.8, 4) is 11.8 Å². The first-order chi connectivity index (χ1) is 6.86. The van der Waals surface area contributed by atoms with Crippen LogP contribution >= 0.6 is 0 Å². The van der Waals surface area contributed by atoms with E-state index in [1.54, 1.807) is 7.11 Å². The Labute approximate surface area is 84.4 Å². The number of furan rings is 1. The van der Waals surface area contributed by atoms with Gasteiger partial charge in [0.05, 0.1) is 13.1 Å². The Balaban J connectivity index is 2.31. The molecule has 0 amide bonds. The maximum atomic E-state index is 5.47. The zero-order valence-corrected chi connectivity index (χ0v) is 8.59. The molecule has 1 heterocycles. The number of hydrogen-bond donors (Lipinski definition) is 1. The van der Waals surface area contributed by atoms with Crippen LogP contribution in [0.25, 0.3) is 0 Å². The highest BCUT2D eigenvalue weighted by Crippen LogP contribution is 2.07. The first kappa shape index (κ1) is 10.8. The van der Waals surface area contributed by atoms with E-state index in [2.05, 4.69) is 17.2 Å². The smallest absolute Gasteiger partial charge is 0.129 e. The number of hydrogen-bond acceptors (Lipinski definition) is 3. The number of nitrogens with one attached hydrogen (secondary N) is 1. The van der Waals surface area contributed by atoms with Crippen LogP contribution in [-0.4, -0.2) is 13.7 Å². The van der Waals surface area contributed by atoms with Crippen LogP contribution in [0.5, 0.6) is 0 Å². The summed E-state index contributed by atoms with van der Waals surface area (Å²) < 4.78 is 10.4. The van der Waals surface area contributed by atoms with E-state index >= 15 is 0 Å². The van der Waals surface area contributed by atoms with E-state index in [0.717, 1.165) is 11.5 Å². The van der Waals surface area contributed by atoms with Gasteiger partial charge in [-0.3, -0.25) is 5.32 Å². The van der Waals surface area contributed by atoms with Crippen molar-refractivity contribution in [1.82, 2.24) is 5.32 Å². The van der Waals surface area contributed by atoms with Crippen molar-refractivity contribution < 1.29 is 9.15 Å². The van der Waals surface area contributed by atoms with Crippen molar-refractivity contribution in [2.45, 2.75) is 20.1 Å². The molecule has 3 nitrogen and oxygen atoms in total. The van der Waals surface area contributed by atoms with Gasteiger partial charge < -0.3 is 9.15 Å². The lowest BCUT2D eigenvalue weighted by molar-refractivity contribution is 0.162. The quantitative estimate of drug-likeness (QED) is 0.569. The average molecular weight is 193 g/mol. The van der Waals surface area contributed by atoms with Gasteiger partial charge >= 0.3 is 0 Å². The van der Waals surface area contributed by atoms with Crippen LogP contribution in [0.1, 0.15) is 18.4 Å². The zero-order chi connectivity index (χ0) is 10.2. The lowest BCUT2D eigenvalue weighted by Crippen LogP contribution is -2.12. The molecule has 1 aromatic heterocycles. The van der Waals surface area contributed by atoms with Crippen LogP contribution in [0.4, 0.5) is 0 Å². The van der Waals surface area contributed by atoms with Crippen LogP contribution in [-0.2, 0) is 17.9 Å². The molecular weight excluding hydrogens is 178 g/mol. The Morgan fingerprint density at radius 3 is 2.93 bits per heavy atom. The van der Waals surface area contributed by atoms with Gasteiger partial charge in [-0.2, -0.15) is 0 Å². The molecule has 1 aromatic rings. The van der Waals surface area contributed by atoms with E-state index < -0.39 is 0 Å². The molecule has 0 saturated heterocycles. The monoisotopic (exact) mass is 193 g/mol. The summed E-state index contributed by atoms with van der Waals surface area (Å²) in [6, 6.07) is 3.87. The van der Waals surface area contributed by atoms with Crippen LogP contribution in [0.3, 0.4) is 0 Å². The second kappa shape index (κ2) is 6.25. The molecule has 3 heteroatoms. The second-order valence-corrected chi connectivity index (χ2v) is 2.83. The molecule has 0 saturated carbocycles. The summed E-state index contributed by atoms with van der Waals surface area (Å²) in [6.45, 7) is 3.75. The highest BCUT2D eigenvalue weighted by atomic mass is 16.5. The van der Waals surface area contributed by atoms with Crippen molar-refractivity contribution >= 4 is 0 Å². The first-order valence-corrected chi connectivity index (χ1v) is 4.53. The van der Waals surface area contributed by atoms with Crippen molar-refractivity contribution in [2.24, 2.45) is 0 Å². The summed E-state index contributed by atoms with van der Waals surface area (Å²) in [5, 5.41) is 3.15. The van der Waals surface area contributed by atoms with Gasteiger partial charge in [-0.25, -0.2) is 0 Å². The molecule has 76 valence electrons. The molecule has 0 aliphatic rings. The molecule has 0 aliphatic heterocycles. The third-order valence-electron chi connectivity index (χ3n) is 1.69. The van der Waals surface area contributed by atoms with Crippen LogP contribution < -0.4 is 5.32 Å². The fourth-order valence-electron chi connectivity index (χ4n) is 1.07. The molecule has 0 bridgehead atoms. The average Bonchev–Trinajstić information content (AvgIpc) is 2.61. The number of ether oxygens (including phenoxy) is 1. The molecule has 1 N–H and O–H groups in total. The van der Waals surface area contributed by atoms with Gasteiger partial charge in [0.1, 0.15) is 18.1 Å². The predicted molar refractivity (Wildman–Crippen MR) is 54.6 cm³/mol. The molecule has 0 fully saturated rings. The van der Waals surface area contributed by atoms with E-state index in [1.165, 1.54) is 0 Å². The van der Waals surface area contributed by atoms with Crippen molar-refractivity contribution in [2.75, 3.05) is 13.7 Å². The summed E-state index contributed by atoms with van der Waals surface area (Å²) in [5.41, 5.74) is 0. The summed E-state index contributed by atoms with van der Waals surface area (Å²) in [4.78, 5) is 0. The number of methoxy groups -OCH3 is 1. The Morgan fingerprint density at radius 1 is 1.43 bits per heavy atom. The van der Waals surface area contributed by atoms with Gasteiger partial charge in [-0.15, -0.1) is 5.92 Å². The third-order valence-corrected chi connectivity index (χ3v) is 1.69. The fraction of sp³-hybridized carbons (Fsp3) is 0.455. The molecule has 1 rings (SSSR count). The molecule has 0 atom stereocenters. The Kier molecular flexibility index (Phi) is 4.84. The maximum absolute atomic E-state index is 5.47. The number of rotatable bonds is 5. The van der Waals surface area contributed by atoms with E-state index in [1.807, 2.05) is 19.1 Å². The molecule has 0 aliphatic carbocycles. The molecule has 0 radical (unpaired) electrons. The standard InChI is InChI=1S/C11H15NO2/c1-3-4-7-12-8-10-5-6-11(14-10)9-13-2/h5-6,12H,7-9H2,1-2H3. The fourth-order valence-corrected chi connectivity index (χ4v) is 1.07. The topological polar surface area (TPSA) is 34.4 Å². The SMILES string of the molecule is CC#CCNCc1ccc(COC)o1. The Hall–Kier alpha value is -1.24. The van der Waals surface area contributed by atoms with Crippen LogP contribution in [0, 0.1) is 11.8 Å². The minimum atomic E-state index is 0.523. The minimum Gasteiger partial charge on any atom is -0.462 e. The summed E-state index contributed by atoms with van der Waals surface area (Å²) in [5.74, 6) is 7.50. The molecule has 0 unspecified atom stereocenters. The first-order valence-electron chi connectivity index (χ1n) is 4.53. The third kappa shape index (κ3) is 3.65. The van der Waals surface area contributed by atoms with Crippen molar-refractivity contribution in [1.29, 1.82) is 0 Å². The molecule has 0 spiro atoms. The molecule has 14 heavy (non-hydrogen) atoms. The summed E-state index contributed by atoms with van der Waals surface area (Å²) in [6.07, 6.45) is 0. The van der Waals surface area contributed by atoms with Crippen LogP contribution in [0.15, 0.2) is 16.5 Å². The normalized spacial score (nSPS) is 9.57. The van der Waals surface area contributed by atoms with Crippen molar-refractivity contribution in [3.63, 3.8) is 0 Å². The minimum absolute atomic E-state index is 0.523. The maximum Gasteiger partial charge on any atom is 0.129 e. The highest BCUT2D eigenvalue weighted by molar-refractivity contribution is 5.06. The van der Waals surface area contributed by atoms with Gasteiger partial charge in [0.15, 0.2) is 0 Å². The summed E-state index contributed by atoms with van der Waals surface area (Å²) in [7, 11) is 1.65. The Morgan fingerprint density at radius 2 is 2.21 bits per heavy atom. The van der Waals surface area contributed by atoms with E-state index in [-0.39, 0.29) is 0 Å². The molecular formula is C11H15NO2. The van der Waals surface area contributed by atoms with Gasteiger partial charge in [0, 0.05) is 7.11 Å². The van der Waals surface area contributed by atoms with E-state index in [4.69, 9.17) is 9.15 Å². The highest BCUT2D eigenvalue weighted by Gasteiger charge is 1.99. The van der Waals surface area contributed by atoms with Crippen molar-refractivity contribution in [3.05, 3.63) is 23.7 Å². The summed E-state index contributed by atoms with van der Waals surface area (Å²) >= 11 is 0. The van der Waals surface area contributed by atoms with E-state index in [0.29, 0.717) is 19.7 Å². The van der Waals surface area contributed by atoms with E-state index in [9.17, 15) is 0 Å². The second-order valence-electron chi connectivity index (χ2n) is 2.83. The zero-order valence-electron chi connectivity index (χ0n) is 8.59. The van der Waals surface area contributed by atoms with Crippen LogP contribution in [0.2, 0.25) is 0 Å².